The highest BCUT2D eigenvalue weighted by atomic mass is 16.6. The van der Waals surface area contributed by atoms with Crippen LogP contribution in [0.5, 0.6) is 11.5 Å². The average molecular weight is 439 g/mol. The van der Waals surface area contributed by atoms with Crippen LogP contribution in [0.3, 0.4) is 0 Å². The number of benzene rings is 2. The fourth-order valence-corrected chi connectivity index (χ4v) is 3.89. The monoisotopic (exact) mass is 438 g/mol. The van der Waals surface area contributed by atoms with E-state index in [4.69, 9.17) is 9.47 Å². The standard InChI is InChI=1S/C25H30N2O5/c1-5-9-26-10-8-23(28)20(15-26)12-19-13-22(27(29)30)25(24(14-19)31-4)32-16-21-11-17(2)6-7-18(21)3/h6-7,11-14H,5,8-10,15-16H2,1-4H3/b20-12+. The third kappa shape index (κ3) is 5.53. The summed E-state index contributed by atoms with van der Waals surface area (Å²) < 4.78 is 11.3. The van der Waals surface area contributed by atoms with Crippen molar-refractivity contribution in [2.24, 2.45) is 0 Å². The molecular formula is C25H30N2O5. The molecule has 0 unspecified atom stereocenters. The number of methoxy groups -OCH3 is 1. The van der Waals surface area contributed by atoms with Crippen LogP contribution in [0.15, 0.2) is 35.9 Å². The molecule has 1 heterocycles. The van der Waals surface area contributed by atoms with Gasteiger partial charge in [0, 0.05) is 31.1 Å². The van der Waals surface area contributed by atoms with Crippen molar-refractivity contribution < 1.29 is 19.2 Å². The molecule has 3 rings (SSSR count). The minimum atomic E-state index is -0.477. The van der Waals surface area contributed by atoms with Crippen molar-refractivity contribution in [3.63, 3.8) is 0 Å². The quantitative estimate of drug-likeness (QED) is 0.332. The molecule has 1 aliphatic heterocycles. The lowest BCUT2D eigenvalue weighted by Crippen LogP contribution is -2.36. The molecule has 0 amide bonds. The molecule has 0 radical (unpaired) electrons. The summed E-state index contributed by atoms with van der Waals surface area (Å²) in [6.07, 6.45) is 3.20. The van der Waals surface area contributed by atoms with Gasteiger partial charge in [-0.05, 0) is 55.6 Å². The van der Waals surface area contributed by atoms with Crippen molar-refractivity contribution in [1.82, 2.24) is 4.90 Å². The summed E-state index contributed by atoms with van der Waals surface area (Å²) in [5.41, 5.74) is 4.11. The lowest BCUT2D eigenvalue weighted by Gasteiger charge is -2.27. The molecule has 170 valence electrons. The van der Waals surface area contributed by atoms with Gasteiger partial charge in [0.05, 0.1) is 12.0 Å². The molecule has 1 fully saturated rings. The molecule has 7 nitrogen and oxygen atoms in total. The Kier molecular flexibility index (Phi) is 7.64. The Bertz CT molecular complexity index is 1040. The summed E-state index contributed by atoms with van der Waals surface area (Å²) in [6, 6.07) is 9.14. The van der Waals surface area contributed by atoms with Crippen molar-refractivity contribution in [2.45, 2.75) is 40.2 Å². The van der Waals surface area contributed by atoms with Crippen molar-refractivity contribution in [1.29, 1.82) is 0 Å². The summed E-state index contributed by atoms with van der Waals surface area (Å²) in [7, 11) is 1.45. The number of carbonyl (C=O) groups is 1. The molecular weight excluding hydrogens is 408 g/mol. The van der Waals surface area contributed by atoms with E-state index in [9.17, 15) is 14.9 Å². The zero-order chi connectivity index (χ0) is 23.3. The molecule has 0 aliphatic carbocycles. The Morgan fingerprint density at radius 2 is 2.00 bits per heavy atom. The molecule has 0 saturated carbocycles. The fourth-order valence-electron chi connectivity index (χ4n) is 3.89. The zero-order valence-corrected chi connectivity index (χ0v) is 19.1. The number of hydrogen-bond acceptors (Lipinski definition) is 6. The van der Waals surface area contributed by atoms with Crippen molar-refractivity contribution in [3.05, 3.63) is 68.3 Å². The van der Waals surface area contributed by atoms with Gasteiger partial charge in [0.2, 0.25) is 5.75 Å². The molecule has 32 heavy (non-hydrogen) atoms. The van der Waals surface area contributed by atoms with Gasteiger partial charge in [0.1, 0.15) is 6.61 Å². The maximum atomic E-state index is 12.4. The van der Waals surface area contributed by atoms with E-state index in [1.807, 2.05) is 32.0 Å². The Morgan fingerprint density at radius 3 is 2.69 bits per heavy atom. The Balaban J connectivity index is 1.94. The number of rotatable bonds is 8. The van der Waals surface area contributed by atoms with Gasteiger partial charge in [-0.2, -0.15) is 0 Å². The highest BCUT2D eigenvalue weighted by molar-refractivity contribution is 6.00. The summed E-state index contributed by atoms with van der Waals surface area (Å²) >= 11 is 0. The van der Waals surface area contributed by atoms with E-state index in [-0.39, 0.29) is 29.6 Å². The summed E-state index contributed by atoms with van der Waals surface area (Å²) in [4.78, 5) is 26.0. The van der Waals surface area contributed by atoms with Crippen LogP contribution in [0, 0.1) is 24.0 Å². The van der Waals surface area contributed by atoms with Crippen molar-refractivity contribution >= 4 is 17.5 Å². The number of piperidine rings is 1. The van der Waals surface area contributed by atoms with Gasteiger partial charge >= 0.3 is 5.69 Å². The molecule has 2 aromatic carbocycles. The molecule has 0 N–H and O–H groups in total. The SMILES string of the molecule is CCCN1CCC(=O)/C(=C/c2cc(OC)c(OCc3cc(C)ccc3C)c([N+](=O)[O-])c2)C1. The second-order valence-corrected chi connectivity index (χ2v) is 8.17. The number of hydrogen-bond donors (Lipinski definition) is 0. The number of nitro groups is 1. The van der Waals surface area contributed by atoms with Gasteiger partial charge in [-0.3, -0.25) is 19.8 Å². The van der Waals surface area contributed by atoms with Crippen molar-refractivity contribution in [3.8, 4) is 11.5 Å². The summed E-state index contributed by atoms with van der Waals surface area (Å²) in [5, 5.41) is 11.8. The minimum absolute atomic E-state index is 0.0780. The third-order valence-corrected chi connectivity index (χ3v) is 5.64. The van der Waals surface area contributed by atoms with Crippen LogP contribution in [0.25, 0.3) is 6.08 Å². The first-order valence-corrected chi connectivity index (χ1v) is 10.8. The maximum absolute atomic E-state index is 12.4. The number of likely N-dealkylation sites (tertiary alicyclic amines) is 1. The predicted octanol–water partition coefficient (Wildman–Crippen LogP) is 4.87. The lowest BCUT2D eigenvalue weighted by molar-refractivity contribution is -0.386. The van der Waals surface area contributed by atoms with E-state index >= 15 is 0 Å². The van der Waals surface area contributed by atoms with Gasteiger partial charge in [-0.15, -0.1) is 0 Å². The first kappa shape index (κ1) is 23.5. The second-order valence-electron chi connectivity index (χ2n) is 8.17. The van der Waals surface area contributed by atoms with Crippen LogP contribution in [0.1, 0.15) is 42.0 Å². The highest BCUT2D eigenvalue weighted by Crippen LogP contribution is 2.39. The molecule has 0 spiro atoms. The van der Waals surface area contributed by atoms with Gasteiger partial charge in [0.15, 0.2) is 11.5 Å². The number of Topliss-reactive ketones (excluding diaryl/α,β-unsaturated/α-hetero) is 1. The number of nitro benzene ring substituents is 1. The Labute approximate surface area is 188 Å². The zero-order valence-electron chi connectivity index (χ0n) is 19.1. The van der Waals surface area contributed by atoms with Crippen LogP contribution < -0.4 is 9.47 Å². The van der Waals surface area contributed by atoms with Gasteiger partial charge in [-0.1, -0.05) is 30.7 Å². The van der Waals surface area contributed by atoms with Gasteiger partial charge in [0.25, 0.3) is 0 Å². The summed E-state index contributed by atoms with van der Waals surface area (Å²) in [5.74, 6) is 0.433. The molecule has 1 aliphatic rings. The summed E-state index contributed by atoms with van der Waals surface area (Å²) in [6.45, 7) is 8.47. The largest absolute Gasteiger partial charge is 0.493 e. The maximum Gasteiger partial charge on any atom is 0.315 e. The molecule has 7 heteroatoms. The van der Waals surface area contributed by atoms with E-state index in [1.165, 1.54) is 13.2 Å². The smallest absolute Gasteiger partial charge is 0.315 e. The second kappa shape index (κ2) is 10.4. The topological polar surface area (TPSA) is 81.9 Å². The van der Waals surface area contributed by atoms with Gasteiger partial charge in [-0.25, -0.2) is 0 Å². The number of carbonyl (C=O) groups excluding carboxylic acids is 1. The number of nitrogens with zero attached hydrogens (tertiary/aromatic N) is 2. The van der Waals surface area contributed by atoms with E-state index in [0.29, 0.717) is 24.1 Å². The van der Waals surface area contributed by atoms with Crippen LogP contribution in [-0.2, 0) is 11.4 Å². The minimum Gasteiger partial charge on any atom is -0.493 e. The van der Waals surface area contributed by atoms with E-state index in [1.54, 1.807) is 12.1 Å². The highest BCUT2D eigenvalue weighted by Gasteiger charge is 2.24. The average Bonchev–Trinajstić information content (AvgIpc) is 2.76. The third-order valence-electron chi connectivity index (χ3n) is 5.64. The van der Waals surface area contributed by atoms with Crippen LogP contribution >= 0.6 is 0 Å². The van der Waals surface area contributed by atoms with Gasteiger partial charge < -0.3 is 9.47 Å². The normalized spacial score (nSPS) is 15.8. The van der Waals surface area contributed by atoms with E-state index < -0.39 is 4.92 Å². The first-order valence-electron chi connectivity index (χ1n) is 10.8. The van der Waals surface area contributed by atoms with E-state index in [2.05, 4.69) is 11.8 Å². The van der Waals surface area contributed by atoms with E-state index in [0.717, 1.165) is 36.2 Å². The first-order chi connectivity index (χ1) is 15.3. The fraction of sp³-hybridized carbons (Fsp3) is 0.400. The Morgan fingerprint density at radius 1 is 1.22 bits per heavy atom. The molecule has 0 atom stereocenters. The van der Waals surface area contributed by atoms with Crippen molar-refractivity contribution in [2.75, 3.05) is 26.7 Å². The molecule has 0 aromatic heterocycles. The van der Waals surface area contributed by atoms with Crippen LogP contribution in [-0.4, -0.2) is 42.4 Å². The lowest BCUT2D eigenvalue weighted by atomic mass is 9.99. The number of aryl methyl sites for hydroxylation is 2. The molecule has 2 aromatic rings. The Hall–Kier alpha value is -3.19. The number of ketones is 1. The molecule has 0 bridgehead atoms. The number of ether oxygens (including phenoxy) is 2. The molecule has 1 saturated heterocycles. The van der Waals surface area contributed by atoms with Crippen LogP contribution in [0.4, 0.5) is 5.69 Å². The van der Waals surface area contributed by atoms with Crippen LogP contribution in [0.2, 0.25) is 0 Å². The predicted molar refractivity (Wildman–Crippen MR) is 124 cm³/mol.